The molecule has 0 unspecified atom stereocenters. The summed E-state index contributed by atoms with van der Waals surface area (Å²) in [6, 6.07) is 23.8. The molecule has 1 aromatic heterocycles. The molecule has 1 fully saturated rings. The van der Waals surface area contributed by atoms with Gasteiger partial charge in [-0.1, -0.05) is 54.6 Å². The minimum absolute atomic E-state index is 0.110. The van der Waals surface area contributed by atoms with Crippen LogP contribution in [-0.2, 0) is 10.2 Å². The highest BCUT2D eigenvalue weighted by atomic mass is 16.5. The number of hydrogen-bond donors (Lipinski definition) is 1. The Balaban J connectivity index is 1.55. The van der Waals surface area contributed by atoms with Crippen LogP contribution in [0.25, 0.3) is 5.57 Å². The fourth-order valence-corrected chi connectivity index (χ4v) is 6.91. The van der Waals surface area contributed by atoms with Crippen LogP contribution < -0.4 is 15.0 Å². The highest BCUT2D eigenvalue weighted by Crippen LogP contribution is 2.58. The molecule has 7 heteroatoms. The summed E-state index contributed by atoms with van der Waals surface area (Å²) in [4.78, 5) is 45.5. The molecule has 1 saturated heterocycles. The quantitative estimate of drug-likeness (QED) is 0.341. The number of furan rings is 1. The molecule has 4 heterocycles. The lowest BCUT2D eigenvalue weighted by molar-refractivity contribution is -0.121. The maximum Gasteiger partial charge on any atom is 0.238 e. The van der Waals surface area contributed by atoms with Gasteiger partial charge in [0.2, 0.25) is 11.7 Å². The van der Waals surface area contributed by atoms with Gasteiger partial charge in [0.1, 0.15) is 17.2 Å². The molecule has 0 saturated carbocycles. The second-order valence-corrected chi connectivity index (χ2v) is 10.4. The van der Waals surface area contributed by atoms with Crippen LogP contribution in [0.3, 0.4) is 0 Å². The number of hydrogen-bond acceptors (Lipinski definition) is 6. The summed E-state index contributed by atoms with van der Waals surface area (Å²) in [6.45, 7) is 2.00. The van der Waals surface area contributed by atoms with Gasteiger partial charge >= 0.3 is 0 Å². The topological polar surface area (TPSA) is 88.9 Å². The Labute approximate surface area is 231 Å². The van der Waals surface area contributed by atoms with Gasteiger partial charge in [0, 0.05) is 22.5 Å². The van der Waals surface area contributed by atoms with E-state index in [4.69, 9.17) is 9.15 Å². The Hall–Kier alpha value is -4.91. The summed E-state index contributed by atoms with van der Waals surface area (Å²) in [5.74, 6) is -1.41. The predicted octanol–water partition coefficient (Wildman–Crippen LogP) is 5.53. The minimum atomic E-state index is -1.38. The van der Waals surface area contributed by atoms with Crippen LogP contribution in [0.1, 0.15) is 39.0 Å². The van der Waals surface area contributed by atoms with Crippen LogP contribution in [0.4, 0.5) is 11.4 Å². The van der Waals surface area contributed by atoms with E-state index in [0.717, 1.165) is 16.8 Å². The number of para-hydroxylation sites is 2. The van der Waals surface area contributed by atoms with Crippen LogP contribution in [0, 0.1) is 5.92 Å². The third-order valence-electron chi connectivity index (χ3n) is 8.55. The highest BCUT2D eigenvalue weighted by Gasteiger charge is 2.70. The van der Waals surface area contributed by atoms with Gasteiger partial charge in [0.05, 0.1) is 25.3 Å². The number of amides is 1. The molecule has 3 aliphatic heterocycles. The monoisotopic (exact) mass is 530 g/mol. The van der Waals surface area contributed by atoms with Gasteiger partial charge in [-0.15, -0.1) is 0 Å². The number of allylic oxidation sites excluding steroid dienone is 1. The molecule has 7 rings (SSSR count). The molecule has 4 atom stereocenters. The number of anilines is 2. The van der Waals surface area contributed by atoms with Gasteiger partial charge in [0.25, 0.3) is 0 Å². The average Bonchev–Trinajstić information content (AvgIpc) is 3.70. The lowest BCUT2D eigenvalue weighted by atomic mass is 9.64. The SMILES string of the molecule is COc1cccc(C(=O)[C@H]2[C@@H](C(=O)c3ccco3)[C@@]3(C(=O)Nc4ccccc43)[C@@H]3C=C(C)c4ccccc4N32)c1. The van der Waals surface area contributed by atoms with E-state index in [1.807, 2.05) is 66.4 Å². The lowest BCUT2D eigenvalue weighted by Gasteiger charge is -2.39. The van der Waals surface area contributed by atoms with E-state index in [-0.39, 0.29) is 17.5 Å². The molecule has 1 spiro atoms. The van der Waals surface area contributed by atoms with Crippen molar-refractivity contribution in [1.82, 2.24) is 0 Å². The zero-order chi connectivity index (χ0) is 27.6. The van der Waals surface area contributed by atoms with Crippen molar-refractivity contribution in [2.45, 2.75) is 24.4 Å². The Morgan fingerprint density at radius 1 is 0.950 bits per heavy atom. The third-order valence-corrected chi connectivity index (χ3v) is 8.55. The summed E-state index contributed by atoms with van der Waals surface area (Å²) in [6.07, 6.45) is 3.47. The molecule has 0 aliphatic carbocycles. The predicted molar refractivity (Wildman–Crippen MR) is 151 cm³/mol. The van der Waals surface area contributed by atoms with Crippen molar-refractivity contribution >= 4 is 34.4 Å². The van der Waals surface area contributed by atoms with Crippen LogP contribution in [0.2, 0.25) is 0 Å². The molecule has 3 aliphatic rings. The molecule has 7 nitrogen and oxygen atoms in total. The number of ether oxygens (including phenoxy) is 1. The first-order valence-corrected chi connectivity index (χ1v) is 13.2. The summed E-state index contributed by atoms with van der Waals surface area (Å²) >= 11 is 0. The number of nitrogens with zero attached hydrogens (tertiary/aromatic N) is 1. The Kier molecular flexibility index (Phi) is 5.32. The molecule has 1 amide bonds. The van der Waals surface area contributed by atoms with Crippen molar-refractivity contribution < 1.29 is 23.5 Å². The van der Waals surface area contributed by atoms with Crippen LogP contribution in [0.15, 0.2) is 102 Å². The summed E-state index contributed by atoms with van der Waals surface area (Å²) < 4.78 is 11.0. The number of carbonyl (C=O) groups excluding carboxylic acids is 3. The molecule has 0 radical (unpaired) electrons. The van der Waals surface area contributed by atoms with E-state index in [1.165, 1.54) is 6.26 Å². The molecule has 40 heavy (non-hydrogen) atoms. The first-order chi connectivity index (χ1) is 19.5. The van der Waals surface area contributed by atoms with Crippen molar-refractivity contribution in [3.63, 3.8) is 0 Å². The number of fused-ring (bicyclic) bond motifs is 6. The first-order valence-electron chi connectivity index (χ1n) is 13.2. The van der Waals surface area contributed by atoms with Crippen LogP contribution in [0.5, 0.6) is 5.75 Å². The largest absolute Gasteiger partial charge is 0.497 e. The molecule has 4 aromatic rings. The lowest BCUT2D eigenvalue weighted by Crippen LogP contribution is -2.51. The molecule has 198 valence electrons. The number of Topliss-reactive ketones (excluding diaryl/α,β-unsaturated/α-hetero) is 2. The highest BCUT2D eigenvalue weighted by molar-refractivity contribution is 6.18. The average molecular weight is 531 g/mol. The number of methoxy groups -OCH3 is 1. The molecular weight excluding hydrogens is 504 g/mol. The van der Waals surface area contributed by atoms with Gasteiger partial charge < -0.3 is 19.4 Å². The van der Waals surface area contributed by atoms with E-state index in [1.54, 1.807) is 43.5 Å². The summed E-state index contributed by atoms with van der Waals surface area (Å²) in [5.41, 5.74) is 3.09. The molecular formula is C33H26N2O5. The summed E-state index contributed by atoms with van der Waals surface area (Å²) in [5, 5.41) is 3.04. The minimum Gasteiger partial charge on any atom is -0.497 e. The van der Waals surface area contributed by atoms with E-state index < -0.39 is 29.2 Å². The molecule has 0 bridgehead atoms. The Morgan fingerprint density at radius 3 is 2.55 bits per heavy atom. The van der Waals surface area contributed by atoms with Crippen molar-refractivity contribution in [1.29, 1.82) is 0 Å². The van der Waals surface area contributed by atoms with Crippen molar-refractivity contribution in [3.05, 3.63) is 120 Å². The molecule has 3 aromatic carbocycles. The smallest absolute Gasteiger partial charge is 0.238 e. The number of carbonyl (C=O) groups is 3. The normalized spacial score (nSPS) is 24.1. The van der Waals surface area contributed by atoms with Gasteiger partial charge in [0.15, 0.2) is 11.5 Å². The fourth-order valence-electron chi connectivity index (χ4n) is 6.91. The zero-order valence-corrected chi connectivity index (χ0v) is 22.0. The fraction of sp³-hybridized carbons (Fsp3) is 0.182. The van der Waals surface area contributed by atoms with E-state index >= 15 is 0 Å². The van der Waals surface area contributed by atoms with E-state index in [2.05, 4.69) is 5.32 Å². The van der Waals surface area contributed by atoms with Crippen LogP contribution in [-0.4, -0.2) is 36.7 Å². The van der Waals surface area contributed by atoms with Crippen LogP contribution >= 0.6 is 0 Å². The van der Waals surface area contributed by atoms with Crippen molar-refractivity contribution in [2.24, 2.45) is 5.92 Å². The molecule has 1 N–H and O–H groups in total. The van der Waals surface area contributed by atoms with E-state index in [9.17, 15) is 14.4 Å². The van der Waals surface area contributed by atoms with Crippen molar-refractivity contribution in [2.75, 3.05) is 17.3 Å². The summed E-state index contributed by atoms with van der Waals surface area (Å²) in [7, 11) is 1.54. The number of benzene rings is 3. The Bertz CT molecular complexity index is 1720. The third kappa shape index (κ3) is 3.14. The standard InChI is InChI=1S/C33H26N2O5/c1-19-17-27-33(23-12-4-5-13-24(23)34-32(33)38)28(31(37)26-15-8-16-40-26)29(35(27)25-14-6-3-11-22(19)25)30(36)20-9-7-10-21(18-20)39-2/h3-18,27-29H,1-2H3,(H,34,38)/t27-,28-,29+,33-/m0/s1. The zero-order valence-electron chi connectivity index (χ0n) is 22.0. The number of nitrogens with one attached hydrogen (secondary N) is 1. The van der Waals surface area contributed by atoms with Gasteiger partial charge in [-0.05, 0) is 54.5 Å². The van der Waals surface area contributed by atoms with Gasteiger partial charge in [-0.3, -0.25) is 14.4 Å². The Morgan fingerprint density at radius 2 is 1.75 bits per heavy atom. The second-order valence-electron chi connectivity index (χ2n) is 10.4. The van der Waals surface area contributed by atoms with Crippen molar-refractivity contribution in [3.8, 4) is 5.75 Å². The first kappa shape index (κ1) is 24.2. The number of rotatable bonds is 5. The van der Waals surface area contributed by atoms with E-state index in [0.29, 0.717) is 22.6 Å². The number of ketones is 2. The van der Waals surface area contributed by atoms with Gasteiger partial charge in [-0.25, -0.2) is 0 Å². The maximum absolute atomic E-state index is 14.7. The maximum atomic E-state index is 14.7. The van der Waals surface area contributed by atoms with Gasteiger partial charge in [-0.2, -0.15) is 0 Å². The second kappa shape index (κ2) is 8.81.